The predicted octanol–water partition coefficient (Wildman–Crippen LogP) is 3.66. The van der Waals surface area contributed by atoms with Gasteiger partial charge in [-0.25, -0.2) is 4.99 Å². The number of ether oxygens (including phenoxy) is 1. The van der Waals surface area contributed by atoms with E-state index in [0.29, 0.717) is 19.2 Å². The summed E-state index contributed by atoms with van der Waals surface area (Å²) in [5.74, 6) is 2.63. The van der Waals surface area contributed by atoms with E-state index >= 15 is 0 Å². The van der Waals surface area contributed by atoms with E-state index in [4.69, 9.17) is 9.73 Å². The fourth-order valence-corrected chi connectivity index (χ4v) is 3.69. The number of nitrogens with zero attached hydrogens (tertiary/aromatic N) is 4. The lowest BCUT2D eigenvalue weighted by Gasteiger charge is -2.25. The maximum absolute atomic E-state index is 5.99. The summed E-state index contributed by atoms with van der Waals surface area (Å²) < 4.78 is 7.97. The minimum absolute atomic E-state index is 0.110. The van der Waals surface area contributed by atoms with E-state index in [1.807, 2.05) is 24.6 Å². The molecule has 1 aromatic heterocycles. The molecule has 1 saturated carbocycles. The summed E-state index contributed by atoms with van der Waals surface area (Å²) in [5, 5.41) is 15.4. The minimum atomic E-state index is 0.110. The Balaban J connectivity index is 1.47. The second kappa shape index (κ2) is 11.7. The van der Waals surface area contributed by atoms with Crippen LogP contribution in [0, 0.1) is 6.92 Å². The molecule has 0 aliphatic heterocycles. The predicted molar refractivity (Wildman–Crippen MR) is 120 cm³/mol. The van der Waals surface area contributed by atoms with Gasteiger partial charge in [0.15, 0.2) is 11.8 Å². The molecule has 1 fully saturated rings. The van der Waals surface area contributed by atoms with Gasteiger partial charge < -0.3 is 19.9 Å². The van der Waals surface area contributed by atoms with Crippen molar-refractivity contribution < 1.29 is 4.74 Å². The summed E-state index contributed by atoms with van der Waals surface area (Å²) in [6, 6.07) is 10.8. The number of rotatable bonds is 9. The van der Waals surface area contributed by atoms with E-state index in [0.717, 1.165) is 30.6 Å². The molecule has 7 heteroatoms. The van der Waals surface area contributed by atoms with Crippen LogP contribution in [-0.4, -0.2) is 39.9 Å². The van der Waals surface area contributed by atoms with Crippen LogP contribution in [0.4, 0.5) is 0 Å². The lowest BCUT2D eigenvalue weighted by atomic mass is 9.96. The van der Waals surface area contributed by atoms with Crippen molar-refractivity contribution in [2.75, 3.05) is 13.2 Å². The monoisotopic (exact) mass is 412 g/mol. The molecule has 1 aromatic carbocycles. The first-order valence-corrected chi connectivity index (χ1v) is 11.2. The molecular formula is C23H36N6O. The Kier molecular flexibility index (Phi) is 8.68. The van der Waals surface area contributed by atoms with E-state index in [9.17, 15) is 0 Å². The Morgan fingerprint density at radius 3 is 2.67 bits per heavy atom. The van der Waals surface area contributed by atoms with Crippen molar-refractivity contribution in [1.29, 1.82) is 0 Å². The van der Waals surface area contributed by atoms with Crippen molar-refractivity contribution in [3.05, 3.63) is 47.5 Å². The molecule has 0 amide bonds. The summed E-state index contributed by atoms with van der Waals surface area (Å²) >= 11 is 0. The van der Waals surface area contributed by atoms with Crippen LogP contribution in [0.3, 0.4) is 0 Å². The van der Waals surface area contributed by atoms with Crippen molar-refractivity contribution in [2.24, 2.45) is 12.0 Å². The van der Waals surface area contributed by atoms with Crippen molar-refractivity contribution >= 4 is 5.96 Å². The topological polar surface area (TPSA) is 76.4 Å². The van der Waals surface area contributed by atoms with Crippen LogP contribution in [0.15, 0.2) is 35.3 Å². The second-order valence-electron chi connectivity index (χ2n) is 8.07. The van der Waals surface area contributed by atoms with Crippen LogP contribution < -0.4 is 10.6 Å². The Bertz CT molecular complexity index is 782. The Hall–Kier alpha value is -2.41. The molecule has 164 valence electrons. The lowest BCUT2D eigenvalue weighted by Crippen LogP contribution is -2.44. The van der Waals surface area contributed by atoms with E-state index in [1.54, 1.807) is 0 Å². The van der Waals surface area contributed by atoms with Crippen LogP contribution in [0.2, 0.25) is 0 Å². The molecule has 0 spiro atoms. The number of aryl methyl sites for hydroxylation is 1. The fraction of sp³-hybridized carbons (Fsp3) is 0.609. The zero-order valence-electron chi connectivity index (χ0n) is 18.6. The molecular weight excluding hydrogens is 376 g/mol. The highest BCUT2D eigenvalue weighted by molar-refractivity contribution is 5.80. The summed E-state index contributed by atoms with van der Waals surface area (Å²) in [6.07, 6.45) is 7.37. The van der Waals surface area contributed by atoms with Crippen LogP contribution >= 0.6 is 0 Å². The molecule has 1 aliphatic rings. The van der Waals surface area contributed by atoms with Crippen molar-refractivity contribution in [1.82, 2.24) is 25.4 Å². The minimum Gasteiger partial charge on any atom is -0.374 e. The third-order valence-corrected chi connectivity index (χ3v) is 5.76. The largest absolute Gasteiger partial charge is 0.374 e. The van der Waals surface area contributed by atoms with Gasteiger partial charge in [0.2, 0.25) is 0 Å². The number of nitrogens with one attached hydrogen (secondary N) is 2. The van der Waals surface area contributed by atoms with Crippen molar-refractivity contribution in [3.63, 3.8) is 0 Å². The molecule has 1 atom stereocenters. The normalized spacial score (nSPS) is 16.4. The van der Waals surface area contributed by atoms with Crippen molar-refractivity contribution in [3.8, 4) is 0 Å². The summed E-state index contributed by atoms with van der Waals surface area (Å²) in [4.78, 5) is 4.77. The van der Waals surface area contributed by atoms with E-state index in [1.165, 1.54) is 37.7 Å². The molecule has 1 aliphatic carbocycles. The first kappa shape index (κ1) is 22.3. The Labute approximate surface area is 180 Å². The van der Waals surface area contributed by atoms with Gasteiger partial charge in [0.05, 0.1) is 6.10 Å². The third kappa shape index (κ3) is 6.83. The zero-order valence-corrected chi connectivity index (χ0v) is 18.6. The standard InChI is InChI=1S/C23H36N6O/c1-18(20-11-6-4-7-12-20)30-16-10-15-24-23(26-21-13-8-5-9-14-21)25-17-22-28-27-19(2)29(22)3/h4,6-7,11-12,18,21H,5,8-10,13-17H2,1-3H3,(H2,24,25,26). The summed E-state index contributed by atoms with van der Waals surface area (Å²) in [5.41, 5.74) is 1.21. The molecule has 2 N–H and O–H groups in total. The van der Waals surface area contributed by atoms with Crippen LogP contribution in [-0.2, 0) is 18.3 Å². The molecule has 0 radical (unpaired) electrons. The number of hydrogen-bond donors (Lipinski definition) is 2. The molecule has 0 saturated heterocycles. The van der Waals surface area contributed by atoms with Gasteiger partial charge in [0.25, 0.3) is 0 Å². The molecule has 0 bridgehead atoms. The molecule has 30 heavy (non-hydrogen) atoms. The molecule has 2 aromatic rings. The summed E-state index contributed by atoms with van der Waals surface area (Å²) in [7, 11) is 1.98. The van der Waals surface area contributed by atoms with Gasteiger partial charge in [-0.15, -0.1) is 10.2 Å². The third-order valence-electron chi connectivity index (χ3n) is 5.76. The van der Waals surface area contributed by atoms with Crippen LogP contribution in [0.1, 0.15) is 68.8 Å². The molecule has 3 rings (SSSR count). The van der Waals surface area contributed by atoms with E-state index < -0.39 is 0 Å². The first-order valence-electron chi connectivity index (χ1n) is 11.2. The van der Waals surface area contributed by atoms with Gasteiger partial charge in [-0.2, -0.15) is 0 Å². The number of aromatic nitrogens is 3. The van der Waals surface area contributed by atoms with Gasteiger partial charge in [-0.05, 0) is 38.7 Å². The highest BCUT2D eigenvalue weighted by Crippen LogP contribution is 2.17. The zero-order chi connectivity index (χ0) is 21.2. The molecule has 7 nitrogen and oxygen atoms in total. The van der Waals surface area contributed by atoms with Gasteiger partial charge in [0.1, 0.15) is 12.4 Å². The summed E-state index contributed by atoms with van der Waals surface area (Å²) in [6.45, 7) is 6.10. The number of guanidine groups is 1. The maximum atomic E-state index is 5.99. The number of aliphatic imine (C=N–C) groups is 1. The van der Waals surface area contributed by atoms with E-state index in [-0.39, 0.29) is 6.10 Å². The quantitative estimate of drug-likeness (QED) is 0.373. The average Bonchev–Trinajstić information content (AvgIpc) is 3.10. The fourth-order valence-electron chi connectivity index (χ4n) is 3.69. The van der Waals surface area contributed by atoms with E-state index in [2.05, 4.69) is 52.0 Å². The second-order valence-corrected chi connectivity index (χ2v) is 8.07. The van der Waals surface area contributed by atoms with Gasteiger partial charge >= 0.3 is 0 Å². The Morgan fingerprint density at radius 1 is 1.20 bits per heavy atom. The van der Waals surface area contributed by atoms with Gasteiger partial charge in [-0.3, -0.25) is 0 Å². The highest BCUT2D eigenvalue weighted by atomic mass is 16.5. The SMILES string of the molecule is Cc1nnc(CN=C(NCCCOC(C)c2ccccc2)NC2CCCCC2)n1C. The molecule has 1 heterocycles. The lowest BCUT2D eigenvalue weighted by molar-refractivity contribution is 0.0646. The maximum Gasteiger partial charge on any atom is 0.191 e. The van der Waals surface area contributed by atoms with Crippen LogP contribution in [0.5, 0.6) is 0 Å². The average molecular weight is 413 g/mol. The van der Waals surface area contributed by atoms with Crippen molar-refractivity contribution in [2.45, 2.75) is 71.1 Å². The van der Waals surface area contributed by atoms with Gasteiger partial charge in [-0.1, -0.05) is 49.6 Å². The number of benzene rings is 1. The number of hydrogen-bond acceptors (Lipinski definition) is 4. The smallest absolute Gasteiger partial charge is 0.191 e. The first-order chi connectivity index (χ1) is 14.6. The van der Waals surface area contributed by atoms with Gasteiger partial charge in [0, 0.05) is 26.2 Å². The van der Waals surface area contributed by atoms with Crippen LogP contribution in [0.25, 0.3) is 0 Å². The molecule has 1 unspecified atom stereocenters. The Morgan fingerprint density at radius 2 is 1.97 bits per heavy atom. The highest BCUT2D eigenvalue weighted by Gasteiger charge is 2.15.